The summed E-state index contributed by atoms with van der Waals surface area (Å²) in [5, 5.41) is 25.8. The Labute approximate surface area is 369 Å². The standard InChI is InChI=1S/C57H41F3N4/c1-32-21-34(3)55(35(4)22-32)38-15-18-46-44-11-7-9-13-49(44)63(52(46)26-38)51-29-48(43-20-17-42(57(58,59)60)25-40(43)30-61)54(28-41(51)31-62)64-50-14-10-8-12-45(50)47-19-16-39(27-53(47)64)56-36(5)23-33(2)24-37(56)6/h7-29H,1-6H3. The highest BCUT2D eigenvalue weighted by atomic mass is 19.4. The van der Waals surface area contributed by atoms with Crippen molar-refractivity contribution in [3.05, 3.63) is 190 Å². The summed E-state index contributed by atoms with van der Waals surface area (Å²) in [6, 6.07) is 49.3. The Bertz CT molecular complexity index is 3650. The fourth-order valence-electron chi connectivity index (χ4n) is 10.3. The van der Waals surface area contributed by atoms with Gasteiger partial charge in [0, 0.05) is 32.7 Å². The number of fused-ring (bicyclic) bond motifs is 6. The van der Waals surface area contributed by atoms with Gasteiger partial charge in [0.05, 0.1) is 56.2 Å². The average molecular weight is 839 g/mol. The second-order valence-electron chi connectivity index (χ2n) is 17.1. The number of alkyl halides is 3. The van der Waals surface area contributed by atoms with Crippen molar-refractivity contribution in [2.24, 2.45) is 0 Å². The molecule has 0 saturated carbocycles. The molecule has 0 aliphatic heterocycles. The molecule has 2 aromatic heterocycles. The monoisotopic (exact) mass is 838 g/mol. The van der Waals surface area contributed by atoms with E-state index in [0.717, 1.165) is 100 Å². The molecule has 0 atom stereocenters. The first-order valence-electron chi connectivity index (χ1n) is 21.2. The zero-order chi connectivity index (χ0) is 44.8. The number of nitrogens with zero attached hydrogens (tertiary/aromatic N) is 4. The summed E-state index contributed by atoms with van der Waals surface area (Å²) in [5.74, 6) is 0. The Balaban J connectivity index is 1.34. The van der Waals surface area contributed by atoms with E-state index in [1.165, 1.54) is 17.2 Å². The van der Waals surface area contributed by atoms with Crippen molar-refractivity contribution in [3.8, 4) is 56.9 Å². The number of nitriles is 2. The highest BCUT2D eigenvalue weighted by Gasteiger charge is 2.32. The van der Waals surface area contributed by atoms with Gasteiger partial charge in [-0.2, -0.15) is 23.7 Å². The summed E-state index contributed by atoms with van der Waals surface area (Å²) < 4.78 is 47.0. The molecule has 8 aromatic carbocycles. The number of benzene rings is 8. The van der Waals surface area contributed by atoms with E-state index in [2.05, 4.69) is 136 Å². The Hall–Kier alpha value is -7.87. The second kappa shape index (κ2) is 14.9. The molecule has 64 heavy (non-hydrogen) atoms. The minimum Gasteiger partial charge on any atom is -0.309 e. The number of halogens is 3. The molecule has 0 fully saturated rings. The number of hydrogen-bond acceptors (Lipinski definition) is 2. The van der Waals surface area contributed by atoms with Crippen LogP contribution in [0.4, 0.5) is 13.2 Å². The molecule has 0 bridgehead atoms. The molecule has 0 spiro atoms. The van der Waals surface area contributed by atoms with E-state index in [1.54, 1.807) is 0 Å². The summed E-state index contributed by atoms with van der Waals surface area (Å²) in [6.07, 6.45) is -4.66. The van der Waals surface area contributed by atoms with Crippen LogP contribution in [0, 0.1) is 64.2 Å². The van der Waals surface area contributed by atoms with Gasteiger partial charge in [-0.25, -0.2) is 0 Å². The van der Waals surface area contributed by atoms with E-state index in [0.29, 0.717) is 28.1 Å². The Morgan fingerprint density at radius 3 is 1.34 bits per heavy atom. The molecule has 0 N–H and O–H groups in total. The van der Waals surface area contributed by atoms with Crippen molar-refractivity contribution in [2.45, 2.75) is 47.7 Å². The molecule has 0 unspecified atom stereocenters. The van der Waals surface area contributed by atoms with Crippen LogP contribution in [0.1, 0.15) is 50.1 Å². The van der Waals surface area contributed by atoms with Gasteiger partial charge in [0.1, 0.15) is 6.07 Å². The molecule has 10 rings (SSSR count). The SMILES string of the molecule is Cc1cc(C)c(-c2ccc3c4ccccc4n(-c4cc(-c5ccc(C(F)(F)F)cc5C#N)c(-n5c6ccccc6c6ccc(-c7c(C)cc(C)cc7C)cc65)cc4C#N)c3c2)c(C)c1. The summed E-state index contributed by atoms with van der Waals surface area (Å²) in [7, 11) is 0. The van der Waals surface area contributed by atoms with Gasteiger partial charge in [-0.05, 0) is 135 Å². The van der Waals surface area contributed by atoms with Crippen LogP contribution in [0.15, 0.2) is 140 Å². The minimum atomic E-state index is -4.66. The van der Waals surface area contributed by atoms with Crippen LogP contribution in [-0.2, 0) is 6.18 Å². The molecule has 10 aromatic rings. The predicted octanol–water partition coefficient (Wildman–Crippen LogP) is 15.5. The maximum atomic E-state index is 14.3. The zero-order valence-corrected chi connectivity index (χ0v) is 36.2. The quantitative estimate of drug-likeness (QED) is 0.173. The fourth-order valence-corrected chi connectivity index (χ4v) is 10.3. The number of rotatable bonds is 5. The largest absolute Gasteiger partial charge is 0.416 e. The lowest BCUT2D eigenvalue weighted by Gasteiger charge is -2.20. The van der Waals surface area contributed by atoms with Gasteiger partial charge >= 0.3 is 6.18 Å². The normalized spacial score (nSPS) is 11.8. The molecule has 0 aliphatic rings. The van der Waals surface area contributed by atoms with Gasteiger partial charge in [0.2, 0.25) is 0 Å². The maximum absolute atomic E-state index is 14.3. The van der Waals surface area contributed by atoms with Crippen molar-refractivity contribution < 1.29 is 13.2 Å². The molecule has 4 nitrogen and oxygen atoms in total. The van der Waals surface area contributed by atoms with Gasteiger partial charge in [-0.3, -0.25) is 0 Å². The first-order chi connectivity index (χ1) is 30.7. The van der Waals surface area contributed by atoms with Crippen LogP contribution in [-0.4, -0.2) is 9.13 Å². The van der Waals surface area contributed by atoms with Crippen LogP contribution in [0.3, 0.4) is 0 Å². The number of hydrogen-bond donors (Lipinski definition) is 0. The summed E-state index contributed by atoms with van der Waals surface area (Å²) >= 11 is 0. The van der Waals surface area contributed by atoms with Crippen LogP contribution in [0.25, 0.3) is 88.4 Å². The molecule has 7 heteroatoms. The first kappa shape index (κ1) is 40.2. The summed E-state index contributed by atoms with van der Waals surface area (Å²) in [4.78, 5) is 0. The second-order valence-corrected chi connectivity index (χ2v) is 17.1. The van der Waals surface area contributed by atoms with Gasteiger partial charge in [0.15, 0.2) is 0 Å². The van der Waals surface area contributed by atoms with E-state index >= 15 is 0 Å². The van der Waals surface area contributed by atoms with E-state index < -0.39 is 11.7 Å². The third kappa shape index (κ3) is 6.35. The third-order valence-corrected chi connectivity index (χ3v) is 12.8. The average Bonchev–Trinajstić information content (AvgIpc) is 3.76. The highest BCUT2D eigenvalue weighted by Crippen LogP contribution is 2.44. The van der Waals surface area contributed by atoms with Crippen LogP contribution < -0.4 is 0 Å². The van der Waals surface area contributed by atoms with Gasteiger partial charge in [-0.15, -0.1) is 0 Å². The van der Waals surface area contributed by atoms with Crippen LogP contribution >= 0.6 is 0 Å². The summed E-state index contributed by atoms with van der Waals surface area (Å²) in [6.45, 7) is 12.6. The maximum Gasteiger partial charge on any atom is 0.416 e. The van der Waals surface area contributed by atoms with E-state index in [4.69, 9.17) is 0 Å². The number of aromatic nitrogens is 2. The van der Waals surface area contributed by atoms with Crippen LogP contribution in [0.2, 0.25) is 0 Å². The number of para-hydroxylation sites is 2. The smallest absolute Gasteiger partial charge is 0.309 e. The number of aryl methyl sites for hydroxylation is 6. The fraction of sp³-hybridized carbons (Fsp3) is 0.123. The third-order valence-electron chi connectivity index (χ3n) is 12.8. The van der Waals surface area contributed by atoms with Gasteiger partial charge in [0.25, 0.3) is 0 Å². The molecule has 0 radical (unpaired) electrons. The van der Waals surface area contributed by atoms with Gasteiger partial charge in [-0.1, -0.05) is 102 Å². The lowest BCUT2D eigenvalue weighted by Crippen LogP contribution is -2.07. The van der Waals surface area contributed by atoms with Crippen LogP contribution in [0.5, 0.6) is 0 Å². The molecular formula is C57H41F3N4. The molecule has 0 aliphatic carbocycles. The van der Waals surface area contributed by atoms with Crippen molar-refractivity contribution in [1.29, 1.82) is 10.5 Å². The zero-order valence-electron chi connectivity index (χ0n) is 36.2. The van der Waals surface area contributed by atoms with E-state index in [9.17, 15) is 23.7 Å². The molecule has 0 saturated heterocycles. The molecule has 0 amide bonds. The Morgan fingerprint density at radius 1 is 0.422 bits per heavy atom. The Kier molecular flexibility index (Phi) is 9.36. The van der Waals surface area contributed by atoms with E-state index in [-0.39, 0.29) is 5.56 Å². The first-order valence-corrected chi connectivity index (χ1v) is 21.2. The Morgan fingerprint density at radius 2 is 0.875 bits per heavy atom. The predicted molar refractivity (Wildman–Crippen MR) is 254 cm³/mol. The highest BCUT2D eigenvalue weighted by molar-refractivity contribution is 6.12. The van der Waals surface area contributed by atoms with E-state index in [1.807, 2.05) is 48.5 Å². The lowest BCUT2D eigenvalue weighted by molar-refractivity contribution is -0.137. The minimum absolute atomic E-state index is 0.131. The van der Waals surface area contributed by atoms with Gasteiger partial charge < -0.3 is 9.13 Å². The topological polar surface area (TPSA) is 57.4 Å². The van der Waals surface area contributed by atoms with Crippen molar-refractivity contribution >= 4 is 43.6 Å². The summed E-state index contributed by atoms with van der Waals surface area (Å²) in [5.41, 5.74) is 15.9. The van der Waals surface area contributed by atoms with Crippen molar-refractivity contribution in [1.82, 2.24) is 9.13 Å². The molecule has 2 heterocycles. The lowest BCUT2D eigenvalue weighted by atomic mass is 9.93. The molecular weight excluding hydrogens is 798 g/mol. The van der Waals surface area contributed by atoms with Crippen molar-refractivity contribution in [3.63, 3.8) is 0 Å². The van der Waals surface area contributed by atoms with Crippen molar-refractivity contribution in [2.75, 3.05) is 0 Å². The molecule has 310 valence electrons.